The molecule has 1 amide bonds. The molecule has 144 valence electrons. The lowest BCUT2D eigenvalue weighted by atomic mass is 10.0. The van der Waals surface area contributed by atoms with Gasteiger partial charge < -0.3 is 14.8 Å². The monoisotopic (exact) mass is 378 g/mol. The van der Waals surface area contributed by atoms with E-state index >= 15 is 0 Å². The molecule has 3 aromatic rings. The van der Waals surface area contributed by atoms with E-state index in [-0.39, 0.29) is 5.91 Å². The van der Waals surface area contributed by atoms with Crippen molar-refractivity contribution < 1.29 is 19.1 Å². The Balaban J connectivity index is 1.91. The molecule has 0 saturated carbocycles. The molecular weight excluding hydrogens is 356 g/mol. The Morgan fingerprint density at radius 1 is 1.11 bits per heavy atom. The van der Waals surface area contributed by atoms with Crippen molar-refractivity contribution in [3.63, 3.8) is 0 Å². The van der Waals surface area contributed by atoms with Crippen LogP contribution in [0.2, 0.25) is 0 Å². The maximum Gasteiger partial charge on any atom is 0.419 e. The summed E-state index contributed by atoms with van der Waals surface area (Å²) in [5.41, 5.74) is 2.16. The molecule has 1 aliphatic heterocycles. The van der Waals surface area contributed by atoms with Gasteiger partial charge in [-0.25, -0.2) is 9.36 Å². The molecule has 6 nitrogen and oxygen atoms in total. The molecule has 1 aliphatic rings. The van der Waals surface area contributed by atoms with Gasteiger partial charge in [0, 0.05) is 10.9 Å². The summed E-state index contributed by atoms with van der Waals surface area (Å²) in [7, 11) is 1.60. The first-order valence-corrected chi connectivity index (χ1v) is 9.11. The molecule has 1 unspecified atom stereocenters. The molecule has 0 fully saturated rings. The van der Waals surface area contributed by atoms with Crippen LogP contribution in [0.4, 0.5) is 4.79 Å². The summed E-state index contributed by atoms with van der Waals surface area (Å²) in [6.07, 6.45) is -0.485. The third-order valence-corrected chi connectivity index (χ3v) is 4.70. The number of rotatable bonds is 2. The van der Waals surface area contributed by atoms with Crippen LogP contribution in [0, 0.1) is 0 Å². The van der Waals surface area contributed by atoms with E-state index in [1.165, 1.54) is 4.57 Å². The molecule has 1 aromatic heterocycles. The topological polar surface area (TPSA) is 69.6 Å². The average Bonchev–Trinajstić information content (AvgIpc) is 3.18. The molecule has 2 heterocycles. The first-order valence-electron chi connectivity index (χ1n) is 9.11. The molecule has 0 radical (unpaired) electrons. The van der Waals surface area contributed by atoms with E-state index in [1.807, 2.05) is 57.2 Å². The van der Waals surface area contributed by atoms with Crippen molar-refractivity contribution in [1.82, 2.24) is 9.88 Å². The van der Waals surface area contributed by atoms with Gasteiger partial charge in [-0.05, 0) is 56.7 Å². The number of methoxy groups -OCH3 is 1. The second-order valence-corrected chi connectivity index (χ2v) is 7.80. The zero-order valence-electron chi connectivity index (χ0n) is 16.3. The third kappa shape index (κ3) is 3.01. The molecule has 28 heavy (non-hydrogen) atoms. The van der Waals surface area contributed by atoms with E-state index in [1.54, 1.807) is 19.2 Å². The molecule has 0 saturated heterocycles. The van der Waals surface area contributed by atoms with Gasteiger partial charge in [0.05, 0.1) is 24.4 Å². The third-order valence-electron chi connectivity index (χ3n) is 4.70. The van der Waals surface area contributed by atoms with Crippen molar-refractivity contribution >= 4 is 22.9 Å². The van der Waals surface area contributed by atoms with Crippen molar-refractivity contribution in [2.45, 2.75) is 32.4 Å². The SMILES string of the molecule is COc1ccc2c(c1)cc(C1NC(=O)c3ccccc31)n2C(=O)OC(C)(C)C. The largest absolute Gasteiger partial charge is 0.497 e. The van der Waals surface area contributed by atoms with E-state index in [0.29, 0.717) is 22.5 Å². The number of carbonyl (C=O) groups is 2. The predicted molar refractivity (Wildman–Crippen MR) is 106 cm³/mol. The fourth-order valence-corrected chi connectivity index (χ4v) is 3.54. The number of ether oxygens (including phenoxy) is 2. The Kier molecular flexibility index (Phi) is 4.14. The lowest BCUT2D eigenvalue weighted by molar-refractivity contribution is 0.0537. The Morgan fingerprint density at radius 2 is 1.86 bits per heavy atom. The number of nitrogens with one attached hydrogen (secondary N) is 1. The minimum absolute atomic E-state index is 0.154. The van der Waals surface area contributed by atoms with Crippen molar-refractivity contribution in [3.05, 3.63) is 65.4 Å². The van der Waals surface area contributed by atoms with Gasteiger partial charge in [0.2, 0.25) is 0 Å². The van der Waals surface area contributed by atoms with E-state index in [2.05, 4.69) is 5.32 Å². The first-order chi connectivity index (χ1) is 13.3. The summed E-state index contributed by atoms with van der Waals surface area (Å²) in [6.45, 7) is 5.48. The Bertz CT molecular complexity index is 1090. The van der Waals surface area contributed by atoms with Crippen LogP contribution in [0.5, 0.6) is 5.75 Å². The highest BCUT2D eigenvalue weighted by Gasteiger charge is 2.34. The Hall–Kier alpha value is -3.28. The van der Waals surface area contributed by atoms with Crippen LogP contribution in [0.25, 0.3) is 10.9 Å². The zero-order chi connectivity index (χ0) is 20.1. The van der Waals surface area contributed by atoms with E-state index in [9.17, 15) is 9.59 Å². The van der Waals surface area contributed by atoms with E-state index < -0.39 is 17.7 Å². The normalized spacial score (nSPS) is 16.0. The standard InChI is InChI=1S/C22H22N2O4/c1-22(2,3)28-21(26)24-17-10-9-14(27-4)11-13(17)12-18(24)19-15-7-5-6-8-16(15)20(25)23-19/h5-12,19H,1-4H3,(H,23,25). The highest BCUT2D eigenvalue weighted by atomic mass is 16.6. The number of nitrogens with zero attached hydrogens (tertiary/aromatic N) is 1. The van der Waals surface area contributed by atoms with Crippen molar-refractivity contribution in [2.24, 2.45) is 0 Å². The lowest BCUT2D eigenvalue weighted by Gasteiger charge is -2.22. The van der Waals surface area contributed by atoms with Gasteiger partial charge in [0.15, 0.2) is 0 Å². The molecule has 0 bridgehead atoms. The van der Waals surface area contributed by atoms with Gasteiger partial charge in [-0.3, -0.25) is 4.79 Å². The van der Waals surface area contributed by atoms with Crippen LogP contribution < -0.4 is 10.1 Å². The fourth-order valence-electron chi connectivity index (χ4n) is 3.54. The molecule has 1 N–H and O–H groups in total. The van der Waals surface area contributed by atoms with Crippen molar-refractivity contribution in [3.8, 4) is 5.75 Å². The smallest absolute Gasteiger partial charge is 0.419 e. The van der Waals surface area contributed by atoms with Gasteiger partial charge >= 0.3 is 6.09 Å². The van der Waals surface area contributed by atoms with Crippen LogP contribution in [-0.2, 0) is 4.74 Å². The summed E-state index contributed by atoms with van der Waals surface area (Å²) in [5.74, 6) is 0.537. The van der Waals surface area contributed by atoms with Gasteiger partial charge in [-0.15, -0.1) is 0 Å². The fraction of sp³-hybridized carbons (Fsp3) is 0.273. The van der Waals surface area contributed by atoms with Gasteiger partial charge in [-0.1, -0.05) is 18.2 Å². The van der Waals surface area contributed by atoms with Crippen molar-refractivity contribution in [2.75, 3.05) is 7.11 Å². The summed E-state index contributed by atoms with van der Waals surface area (Å²) in [5, 5.41) is 3.82. The molecule has 6 heteroatoms. The maximum absolute atomic E-state index is 13.1. The quantitative estimate of drug-likeness (QED) is 0.723. The second kappa shape index (κ2) is 6.41. The lowest BCUT2D eigenvalue weighted by Crippen LogP contribution is -2.30. The molecule has 0 spiro atoms. The van der Waals surface area contributed by atoms with Crippen LogP contribution in [0.15, 0.2) is 48.5 Å². The Morgan fingerprint density at radius 3 is 2.57 bits per heavy atom. The summed E-state index contributed by atoms with van der Waals surface area (Å²) >= 11 is 0. The minimum Gasteiger partial charge on any atom is -0.497 e. The first kappa shape index (κ1) is 18.1. The minimum atomic E-state index is -0.645. The molecule has 2 aromatic carbocycles. The summed E-state index contributed by atoms with van der Waals surface area (Å²) < 4.78 is 12.5. The highest BCUT2D eigenvalue weighted by molar-refractivity contribution is 6.00. The molecule has 0 aliphatic carbocycles. The van der Waals surface area contributed by atoms with Gasteiger partial charge in [0.1, 0.15) is 11.4 Å². The maximum atomic E-state index is 13.1. The van der Waals surface area contributed by atoms with Crippen LogP contribution in [0.1, 0.15) is 48.4 Å². The summed E-state index contributed by atoms with van der Waals surface area (Å²) in [6, 6.07) is 14.3. The van der Waals surface area contributed by atoms with Crippen LogP contribution in [0.3, 0.4) is 0 Å². The number of amides is 1. The molecule has 4 rings (SSSR count). The molecule has 1 atom stereocenters. The number of benzene rings is 2. The van der Waals surface area contributed by atoms with Gasteiger partial charge in [0.25, 0.3) is 5.91 Å². The Labute approximate surface area is 163 Å². The zero-order valence-corrected chi connectivity index (χ0v) is 16.3. The van der Waals surface area contributed by atoms with Crippen LogP contribution >= 0.6 is 0 Å². The number of fused-ring (bicyclic) bond motifs is 2. The average molecular weight is 378 g/mol. The van der Waals surface area contributed by atoms with Gasteiger partial charge in [-0.2, -0.15) is 0 Å². The predicted octanol–water partition coefficient (Wildman–Crippen LogP) is 4.27. The highest BCUT2D eigenvalue weighted by Crippen LogP contribution is 2.35. The molecular formula is C22H22N2O4. The number of hydrogen-bond acceptors (Lipinski definition) is 4. The van der Waals surface area contributed by atoms with Crippen molar-refractivity contribution in [1.29, 1.82) is 0 Å². The number of aromatic nitrogens is 1. The summed E-state index contributed by atoms with van der Waals surface area (Å²) in [4.78, 5) is 25.5. The number of hydrogen-bond donors (Lipinski definition) is 1. The van der Waals surface area contributed by atoms with E-state index in [4.69, 9.17) is 9.47 Å². The number of carbonyl (C=O) groups excluding carboxylic acids is 2. The second-order valence-electron chi connectivity index (χ2n) is 7.80. The van der Waals surface area contributed by atoms with Crippen LogP contribution in [-0.4, -0.2) is 29.3 Å². The van der Waals surface area contributed by atoms with E-state index in [0.717, 1.165) is 10.9 Å².